The van der Waals surface area contributed by atoms with E-state index in [4.69, 9.17) is 4.74 Å². The summed E-state index contributed by atoms with van der Waals surface area (Å²) in [6.07, 6.45) is 6.32. The summed E-state index contributed by atoms with van der Waals surface area (Å²) in [6.45, 7) is 8.46. The largest absolute Gasteiger partial charge is 0.494 e. The van der Waals surface area contributed by atoms with E-state index in [1.54, 1.807) is 6.08 Å². The number of ether oxygens (including phenoxy) is 1. The van der Waals surface area contributed by atoms with E-state index < -0.39 is 0 Å². The summed E-state index contributed by atoms with van der Waals surface area (Å²) < 4.78 is 5.47. The summed E-state index contributed by atoms with van der Waals surface area (Å²) in [6, 6.07) is 8.44. The van der Waals surface area contributed by atoms with Crippen molar-refractivity contribution in [3.05, 3.63) is 41.5 Å². The fourth-order valence-corrected chi connectivity index (χ4v) is 3.07. The van der Waals surface area contributed by atoms with Crippen LogP contribution < -0.4 is 4.74 Å². The lowest BCUT2D eigenvalue weighted by atomic mass is 9.90. The monoisotopic (exact) mass is 315 g/mol. The highest BCUT2D eigenvalue weighted by Gasteiger charge is 2.21. The molecule has 0 atom stereocenters. The number of piperidine rings is 1. The van der Waals surface area contributed by atoms with E-state index in [9.17, 15) is 4.79 Å². The third kappa shape index (κ3) is 5.74. The summed E-state index contributed by atoms with van der Waals surface area (Å²) in [7, 11) is 0. The highest BCUT2D eigenvalue weighted by molar-refractivity contribution is 5.88. The molecule has 1 saturated heterocycles. The first-order chi connectivity index (χ1) is 11.1. The summed E-state index contributed by atoms with van der Waals surface area (Å²) >= 11 is 0. The Morgan fingerprint density at radius 2 is 1.87 bits per heavy atom. The standard InChI is InChI=1S/C20H29NO2/c1-4-23-19-9-7-17(8-10-19)5-6-18-11-13-21(14-12-18)20(22)15-16(2)3/h7-10,15,18H,4-6,11-14H2,1-3H3. The van der Waals surface area contributed by atoms with E-state index in [-0.39, 0.29) is 5.91 Å². The number of carbonyl (C=O) groups is 1. The van der Waals surface area contributed by atoms with Crippen LogP contribution in [0.3, 0.4) is 0 Å². The zero-order chi connectivity index (χ0) is 16.7. The van der Waals surface area contributed by atoms with Crippen LogP contribution in [-0.4, -0.2) is 30.5 Å². The van der Waals surface area contributed by atoms with Crippen molar-refractivity contribution in [1.82, 2.24) is 4.90 Å². The van der Waals surface area contributed by atoms with Gasteiger partial charge in [0.25, 0.3) is 0 Å². The van der Waals surface area contributed by atoms with Gasteiger partial charge in [-0.3, -0.25) is 4.79 Å². The van der Waals surface area contributed by atoms with Gasteiger partial charge in [0.15, 0.2) is 0 Å². The maximum absolute atomic E-state index is 12.0. The van der Waals surface area contributed by atoms with E-state index in [0.717, 1.165) is 49.6 Å². The fourth-order valence-electron chi connectivity index (χ4n) is 3.07. The van der Waals surface area contributed by atoms with Crippen LogP contribution in [0.5, 0.6) is 5.75 Å². The van der Waals surface area contributed by atoms with Crippen molar-refractivity contribution in [2.24, 2.45) is 5.92 Å². The van der Waals surface area contributed by atoms with Crippen LogP contribution in [0.2, 0.25) is 0 Å². The number of allylic oxidation sites excluding steroid dienone is 1. The highest BCUT2D eigenvalue weighted by atomic mass is 16.5. The van der Waals surface area contributed by atoms with Crippen molar-refractivity contribution in [3.8, 4) is 5.75 Å². The topological polar surface area (TPSA) is 29.5 Å². The minimum atomic E-state index is 0.176. The maximum atomic E-state index is 12.0. The van der Waals surface area contributed by atoms with Crippen LogP contribution >= 0.6 is 0 Å². The Balaban J connectivity index is 1.74. The van der Waals surface area contributed by atoms with Gasteiger partial charge in [0.2, 0.25) is 5.91 Å². The molecule has 3 nitrogen and oxygen atoms in total. The zero-order valence-electron chi connectivity index (χ0n) is 14.7. The second kappa shape index (κ2) is 8.76. The Labute approximate surface area is 140 Å². The molecule has 126 valence electrons. The number of nitrogens with zero attached hydrogens (tertiary/aromatic N) is 1. The quantitative estimate of drug-likeness (QED) is 0.736. The van der Waals surface area contributed by atoms with Crippen molar-refractivity contribution < 1.29 is 9.53 Å². The molecule has 1 aliphatic heterocycles. The Bertz CT molecular complexity index is 521. The number of benzene rings is 1. The number of rotatable bonds is 6. The van der Waals surface area contributed by atoms with Gasteiger partial charge < -0.3 is 9.64 Å². The summed E-state index contributed by atoms with van der Waals surface area (Å²) in [5.41, 5.74) is 2.45. The zero-order valence-corrected chi connectivity index (χ0v) is 14.7. The number of carbonyl (C=O) groups excluding carboxylic acids is 1. The first-order valence-corrected chi connectivity index (χ1v) is 8.74. The smallest absolute Gasteiger partial charge is 0.246 e. The Morgan fingerprint density at radius 1 is 1.22 bits per heavy atom. The average Bonchev–Trinajstić information content (AvgIpc) is 2.54. The molecule has 23 heavy (non-hydrogen) atoms. The van der Waals surface area contributed by atoms with Crippen LogP contribution in [0.1, 0.15) is 45.6 Å². The molecule has 0 radical (unpaired) electrons. The van der Waals surface area contributed by atoms with Gasteiger partial charge in [-0.2, -0.15) is 0 Å². The van der Waals surface area contributed by atoms with E-state index in [1.807, 2.05) is 25.7 Å². The average molecular weight is 315 g/mol. The van der Waals surface area contributed by atoms with E-state index in [2.05, 4.69) is 24.3 Å². The third-order valence-corrected chi connectivity index (χ3v) is 4.41. The highest BCUT2D eigenvalue weighted by Crippen LogP contribution is 2.23. The lowest BCUT2D eigenvalue weighted by molar-refractivity contribution is -0.127. The first-order valence-electron chi connectivity index (χ1n) is 8.74. The van der Waals surface area contributed by atoms with Gasteiger partial charge in [-0.25, -0.2) is 0 Å². The number of hydrogen-bond donors (Lipinski definition) is 0. The Kier molecular flexibility index (Phi) is 6.69. The lowest BCUT2D eigenvalue weighted by Gasteiger charge is -2.31. The molecule has 0 spiro atoms. The molecule has 2 rings (SSSR count). The SMILES string of the molecule is CCOc1ccc(CCC2CCN(C(=O)C=C(C)C)CC2)cc1. The van der Waals surface area contributed by atoms with Gasteiger partial charge >= 0.3 is 0 Å². The Morgan fingerprint density at radius 3 is 2.43 bits per heavy atom. The molecule has 1 aromatic rings. The van der Waals surface area contributed by atoms with Crippen LogP contribution in [0.4, 0.5) is 0 Å². The van der Waals surface area contributed by atoms with Crippen LogP contribution in [-0.2, 0) is 11.2 Å². The van der Waals surface area contributed by atoms with Crippen molar-refractivity contribution in [1.29, 1.82) is 0 Å². The van der Waals surface area contributed by atoms with Crippen molar-refractivity contribution >= 4 is 5.91 Å². The van der Waals surface area contributed by atoms with E-state index >= 15 is 0 Å². The van der Waals surface area contributed by atoms with Gasteiger partial charge in [0.1, 0.15) is 5.75 Å². The molecule has 0 N–H and O–H groups in total. The molecule has 1 heterocycles. The number of hydrogen-bond acceptors (Lipinski definition) is 2. The molecular formula is C20H29NO2. The van der Waals surface area contributed by atoms with Crippen LogP contribution in [0.25, 0.3) is 0 Å². The minimum Gasteiger partial charge on any atom is -0.494 e. The Hall–Kier alpha value is -1.77. The molecule has 0 saturated carbocycles. The van der Waals surface area contributed by atoms with E-state index in [0.29, 0.717) is 6.61 Å². The normalized spacial score (nSPS) is 15.3. The van der Waals surface area contributed by atoms with Crippen LogP contribution in [0, 0.1) is 5.92 Å². The van der Waals surface area contributed by atoms with Crippen molar-refractivity contribution in [3.63, 3.8) is 0 Å². The number of amides is 1. The van der Waals surface area contributed by atoms with E-state index in [1.165, 1.54) is 12.0 Å². The molecule has 1 fully saturated rings. The molecule has 1 aromatic carbocycles. The summed E-state index contributed by atoms with van der Waals surface area (Å²) in [4.78, 5) is 14.0. The van der Waals surface area contributed by atoms with Gasteiger partial charge in [0, 0.05) is 19.2 Å². The molecular weight excluding hydrogens is 286 g/mol. The number of aryl methyl sites for hydroxylation is 1. The summed E-state index contributed by atoms with van der Waals surface area (Å²) in [5.74, 6) is 1.86. The van der Waals surface area contributed by atoms with Crippen molar-refractivity contribution in [2.45, 2.75) is 46.5 Å². The molecule has 3 heteroatoms. The van der Waals surface area contributed by atoms with Crippen molar-refractivity contribution in [2.75, 3.05) is 19.7 Å². The second-order valence-corrected chi connectivity index (χ2v) is 6.61. The van der Waals surface area contributed by atoms with Gasteiger partial charge in [-0.1, -0.05) is 17.7 Å². The minimum absolute atomic E-state index is 0.176. The van der Waals surface area contributed by atoms with Gasteiger partial charge in [-0.15, -0.1) is 0 Å². The molecule has 1 aliphatic rings. The third-order valence-electron chi connectivity index (χ3n) is 4.41. The van der Waals surface area contributed by atoms with Gasteiger partial charge in [0.05, 0.1) is 6.61 Å². The van der Waals surface area contributed by atoms with Crippen LogP contribution in [0.15, 0.2) is 35.9 Å². The molecule has 0 unspecified atom stereocenters. The number of likely N-dealkylation sites (tertiary alicyclic amines) is 1. The second-order valence-electron chi connectivity index (χ2n) is 6.61. The van der Waals surface area contributed by atoms with Gasteiger partial charge in [-0.05, 0) is 70.1 Å². The molecule has 0 aromatic heterocycles. The fraction of sp³-hybridized carbons (Fsp3) is 0.550. The predicted molar refractivity (Wildman–Crippen MR) is 94.7 cm³/mol. The predicted octanol–water partition coefficient (Wildman–Crippen LogP) is 4.22. The summed E-state index contributed by atoms with van der Waals surface area (Å²) in [5, 5.41) is 0. The molecule has 1 amide bonds. The maximum Gasteiger partial charge on any atom is 0.246 e. The molecule has 0 aliphatic carbocycles. The first kappa shape index (κ1) is 17.6. The molecule has 0 bridgehead atoms. The lowest BCUT2D eigenvalue weighted by Crippen LogP contribution is -2.37.